The molecule has 0 aromatic heterocycles. The van der Waals surface area contributed by atoms with Gasteiger partial charge in [-0.25, -0.2) is 0 Å². The molecule has 3 rings (SSSR count). The normalized spacial score (nSPS) is 23.2. The van der Waals surface area contributed by atoms with E-state index in [-0.39, 0.29) is 0 Å². The molecule has 1 aromatic rings. The average Bonchev–Trinajstić information content (AvgIpc) is 2.97. The lowest BCUT2D eigenvalue weighted by atomic mass is 9.97. The summed E-state index contributed by atoms with van der Waals surface area (Å²) in [5.41, 5.74) is 3.12. The van der Waals surface area contributed by atoms with Gasteiger partial charge in [0, 0.05) is 25.7 Å². The zero-order valence-corrected chi connectivity index (χ0v) is 13.1. The van der Waals surface area contributed by atoms with E-state index in [1.807, 2.05) is 0 Å². The summed E-state index contributed by atoms with van der Waals surface area (Å²) in [7, 11) is 0. The molecular weight excluding hydrogens is 256 g/mol. The van der Waals surface area contributed by atoms with Crippen molar-refractivity contribution in [2.75, 3.05) is 19.6 Å². The quantitative estimate of drug-likeness (QED) is 0.801. The first kappa shape index (κ1) is 14.8. The van der Waals surface area contributed by atoms with Crippen LogP contribution in [0.15, 0.2) is 42.0 Å². The molecule has 21 heavy (non-hydrogen) atoms. The lowest BCUT2D eigenvalue weighted by molar-refractivity contribution is 0.320. The Morgan fingerprint density at radius 2 is 2.05 bits per heavy atom. The average molecular weight is 284 g/mol. The molecule has 0 bridgehead atoms. The summed E-state index contributed by atoms with van der Waals surface area (Å²) in [6.45, 7) is 4.70. The molecule has 1 fully saturated rings. The Bertz CT molecular complexity index is 452. The molecule has 2 aliphatic rings. The van der Waals surface area contributed by atoms with Crippen LogP contribution >= 0.6 is 0 Å². The van der Waals surface area contributed by atoms with Gasteiger partial charge in [0.2, 0.25) is 0 Å². The summed E-state index contributed by atoms with van der Waals surface area (Å²) in [6.07, 6.45) is 10.5. The van der Waals surface area contributed by atoms with Crippen molar-refractivity contribution >= 4 is 0 Å². The van der Waals surface area contributed by atoms with Crippen molar-refractivity contribution in [3.8, 4) is 0 Å². The number of hydrogen-bond donors (Lipinski definition) is 1. The van der Waals surface area contributed by atoms with Gasteiger partial charge in [-0.15, -0.1) is 0 Å². The second kappa shape index (κ2) is 7.77. The Kier molecular flexibility index (Phi) is 5.47. The summed E-state index contributed by atoms with van der Waals surface area (Å²) in [4.78, 5) is 2.58. The van der Waals surface area contributed by atoms with E-state index in [2.05, 4.69) is 46.6 Å². The zero-order valence-electron chi connectivity index (χ0n) is 13.1. The van der Waals surface area contributed by atoms with Gasteiger partial charge >= 0.3 is 0 Å². The van der Waals surface area contributed by atoms with Crippen molar-refractivity contribution in [2.24, 2.45) is 0 Å². The number of rotatable bonds is 6. The van der Waals surface area contributed by atoms with Gasteiger partial charge in [0.15, 0.2) is 0 Å². The fourth-order valence-electron chi connectivity index (χ4n) is 3.55. The molecule has 1 saturated heterocycles. The lowest BCUT2D eigenvalue weighted by Crippen LogP contribution is -2.33. The Morgan fingerprint density at radius 3 is 2.86 bits per heavy atom. The number of nitrogens with one attached hydrogen (secondary N) is 1. The van der Waals surface area contributed by atoms with E-state index in [0.717, 1.165) is 13.1 Å². The van der Waals surface area contributed by atoms with Crippen LogP contribution in [0, 0.1) is 0 Å². The zero-order chi connectivity index (χ0) is 14.3. The number of benzene rings is 1. The monoisotopic (exact) mass is 284 g/mol. The lowest BCUT2D eigenvalue weighted by Gasteiger charge is -2.18. The van der Waals surface area contributed by atoms with E-state index in [4.69, 9.17) is 0 Å². The molecule has 1 aliphatic carbocycles. The third-order valence-electron chi connectivity index (χ3n) is 4.79. The van der Waals surface area contributed by atoms with Crippen LogP contribution < -0.4 is 5.32 Å². The maximum atomic E-state index is 3.76. The Balaban J connectivity index is 1.36. The van der Waals surface area contributed by atoms with Gasteiger partial charge in [-0.3, -0.25) is 4.90 Å². The summed E-state index contributed by atoms with van der Waals surface area (Å²) < 4.78 is 0. The first-order valence-corrected chi connectivity index (χ1v) is 8.58. The molecule has 0 radical (unpaired) electrons. The van der Waals surface area contributed by atoms with Gasteiger partial charge in [0.05, 0.1) is 0 Å². The second-order valence-corrected chi connectivity index (χ2v) is 6.52. The molecule has 1 N–H and O–H groups in total. The topological polar surface area (TPSA) is 15.3 Å². The van der Waals surface area contributed by atoms with Crippen LogP contribution in [0.25, 0.3) is 0 Å². The van der Waals surface area contributed by atoms with E-state index in [1.54, 1.807) is 5.57 Å². The molecule has 2 heteroatoms. The fraction of sp³-hybridized carbons (Fsp3) is 0.579. The van der Waals surface area contributed by atoms with Crippen molar-refractivity contribution in [1.29, 1.82) is 0 Å². The van der Waals surface area contributed by atoms with Crippen LogP contribution in [0.2, 0.25) is 0 Å². The molecule has 1 heterocycles. The summed E-state index contributed by atoms with van der Waals surface area (Å²) in [6, 6.07) is 11.5. The molecule has 1 aromatic carbocycles. The maximum Gasteiger partial charge on any atom is 0.0234 e. The van der Waals surface area contributed by atoms with Gasteiger partial charge in [-0.1, -0.05) is 42.0 Å². The summed E-state index contributed by atoms with van der Waals surface area (Å²) in [5.74, 6) is 0. The van der Waals surface area contributed by atoms with Gasteiger partial charge < -0.3 is 5.32 Å². The standard InChI is InChI=1S/C19H28N2/c1-3-7-17(8-4-1)11-13-20-19-12-14-21(16-19)15-18-9-5-2-6-10-18/h2,5-7,9-10,19-20H,1,3-4,8,11-16H2. The molecule has 0 amide bonds. The number of hydrogen-bond acceptors (Lipinski definition) is 2. The molecule has 1 aliphatic heterocycles. The van der Waals surface area contributed by atoms with E-state index in [0.29, 0.717) is 6.04 Å². The van der Waals surface area contributed by atoms with Crippen LogP contribution in [0.3, 0.4) is 0 Å². The Hall–Kier alpha value is -1.12. The van der Waals surface area contributed by atoms with Gasteiger partial charge in [-0.05, 0) is 50.6 Å². The summed E-state index contributed by atoms with van der Waals surface area (Å²) in [5, 5.41) is 3.76. The number of nitrogens with zero attached hydrogens (tertiary/aromatic N) is 1. The van der Waals surface area contributed by atoms with Crippen LogP contribution in [0.1, 0.15) is 44.1 Å². The second-order valence-electron chi connectivity index (χ2n) is 6.52. The SMILES string of the molecule is C1=C(CCNC2CCN(Cc3ccccc3)C2)CCCC1. The van der Waals surface area contributed by atoms with Crippen molar-refractivity contribution < 1.29 is 0 Å². The molecular formula is C19H28N2. The van der Waals surface area contributed by atoms with Crippen LogP contribution in [0.5, 0.6) is 0 Å². The first-order chi connectivity index (χ1) is 10.4. The highest BCUT2D eigenvalue weighted by Gasteiger charge is 2.21. The van der Waals surface area contributed by atoms with Gasteiger partial charge in [0.1, 0.15) is 0 Å². The predicted molar refractivity (Wildman–Crippen MR) is 89.3 cm³/mol. The van der Waals surface area contributed by atoms with Crippen LogP contribution in [-0.4, -0.2) is 30.6 Å². The minimum Gasteiger partial charge on any atom is -0.312 e. The first-order valence-electron chi connectivity index (χ1n) is 8.58. The minimum absolute atomic E-state index is 0.693. The third kappa shape index (κ3) is 4.69. The van der Waals surface area contributed by atoms with Crippen molar-refractivity contribution in [1.82, 2.24) is 10.2 Å². The molecule has 1 unspecified atom stereocenters. The van der Waals surface area contributed by atoms with E-state index >= 15 is 0 Å². The van der Waals surface area contributed by atoms with Gasteiger partial charge in [0.25, 0.3) is 0 Å². The van der Waals surface area contributed by atoms with Crippen molar-refractivity contribution in [2.45, 2.75) is 51.1 Å². The highest BCUT2D eigenvalue weighted by Crippen LogP contribution is 2.20. The van der Waals surface area contributed by atoms with Crippen molar-refractivity contribution in [3.63, 3.8) is 0 Å². The fourth-order valence-corrected chi connectivity index (χ4v) is 3.55. The predicted octanol–water partition coefficient (Wildman–Crippen LogP) is 3.74. The molecule has 0 saturated carbocycles. The molecule has 114 valence electrons. The smallest absolute Gasteiger partial charge is 0.0234 e. The third-order valence-corrected chi connectivity index (χ3v) is 4.79. The van der Waals surface area contributed by atoms with Crippen LogP contribution in [-0.2, 0) is 6.54 Å². The number of allylic oxidation sites excluding steroid dienone is 1. The van der Waals surface area contributed by atoms with E-state index in [1.165, 1.54) is 57.2 Å². The molecule has 0 spiro atoms. The maximum absolute atomic E-state index is 3.76. The van der Waals surface area contributed by atoms with Crippen LogP contribution in [0.4, 0.5) is 0 Å². The minimum atomic E-state index is 0.693. The molecule has 2 nitrogen and oxygen atoms in total. The van der Waals surface area contributed by atoms with Crippen molar-refractivity contribution in [3.05, 3.63) is 47.5 Å². The highest BCUT2D eigenvalue weighted by atomic mass is 15.2. The summed E-state index contributed by atoms with van der Waals surface area (Å²) >= 11 is 0. The Labute approximate surface area is 129 Å². The number of likely N-dealkylation sites (tertiary alicyclic amines) is 1. The molecule has 1 atom stereocenters. The Morgan fingerprint density at radius 1 is 1.14 bits per heavy atom. The largest absolute Gasteiger partial charge is 0.312 e. The van der Waals surface area contributed by atoms with Gasteiger partial charge in [-0.2, -0.15) is 0 Å². The van der Waals surface area contributed by atoms with E-state index in [9.17, 15) is 0 Å². The van der Waals surface area contributed by atoms with E-state index < -0.39 is 0 Å². The highest BCUT2D eigenvalue weighted by molar-refractivity contribution is 5.14.